The van der Waals surface area contributed by atoms with Crippen molar-refractivity contribution >= 4 is 5.71 Å². The average Bonchev–Trinajstić information content (AvgIpc) is 2.22. The van der Waals surface area contributed by atoms with Gasteiger partial charge in [-0.1, -0.05) is 11.2 Å². The van der Waals surface area contributed by atoms with Gasteiger partial charge >= 0.3 is 0 Å². The third-order valence-electron chi connectivity index (χ3n) is 2.11. The fourth-order valence-electron chi connectivity index (χ4n) is 1.12. The molecule has 0 radical (unpaired) electrons. The largest absolute Gasteiger partial charge is 0.411 e. The molecule has 0 saturated heterocycles. The van der Waals surface area contributed by atoms with Gasteiger partial charge in [0.1, 0.15) is 0 Å². The van der Waals surface area contributed by atoms with E-state index in [2.05, 4.69) is 17.1 Å². The first-order chi connectivity index (χ1) is 7.02. The topological polar surface area (TPSA) is 87.8 Å². The van der Waals surface area contributed by atoms with E-state index < -0.39 is 6.04 Å². The molecule has 0 aromatic rings. The fraction of sp³-hybridized carbons (Fsp3) is 0.667. The van der Waals surface area contributed by atoms with Gasteiger partial charge in [-0.3, -0.25) is 10.1 Å². The molecule has 86 valence electrons. The number of hydrogen-bond acceptors (Lipinski definition) is 5. The van der Waals surface area contributed by atoms with Crippen LogP contribution in [0.3, 0.4) is 0 Å². The minimum atomic E-state index is -0.677. The van der Waals surface area contributed by atoms with Gasteiger partial charge in [0.05, 0.1) is 11.8 Å². The minimum absolute atomic E-state index is 0.288. The van der Waals surface area contributed by atoms with Crippen molar-refractivity contribution < 1.29 is 10.1 Å². The molecule has 0 fully saturated rings. The van der Waals surface area contributed by atoms with Crippen LogP contribution in [0.15, 0.2) is 17.8 Å². The molecule has 0 spiro atoms. The summed E-state index contributed by atoms with van der Waals surface area (Å²) in [6.45, 7) is 7.19. The van der Waals surface area contributed by atoms with Gasteiger partial charge in [-0.25, -0.2) is 0 Å². The lowest BCUT2D eigenvalue weighted by Crippen LogP contribution is -2.39. The number of rotatable bonds is 7. The third-order valence-corrected chi connectivity index (χ3v) is 2.11. The highest BCUT2D eigenvalue weighted by Gasteiger charge is 2.21. The second-order valence-corrected chi connectivity index (χ2v) is 3.36. The molecule has 0 heterocycles. The van der Waals surface area contributed by atoms with Gasteiger partial charge in [0.25, 0.3) is 0 Å². The molecule has 0 aromatic carbocycles. The Balaban J connectivity index is 4.36. The molecule has 0 rings (SSSR count). The molecule has 2 atom stereocenters. The Bertz CT molecular complexity index is 253. The number of nitrogens with zero attached hydrogens (tertiary/aromatic N) is 2. The first-order valence-electron chi connectivity index (χ1n) is 4.69. The lowest BCUT2D eigenvalue weighted by atomic mass is 10.0. The quantitative estimate of drug-likeness (QED) is 0.218. The van der Waals surface area contributed by atoms with Crippen molar-refractivity contribution in [2.24, 2.45) is 5.16 Å². The molecule has 0 amide bonds. The molecule has 2 N–H and O–H groups in total. The first kappa shape index (κ1) is 13.6. The molecule has 0 saturated carbocycles. The summed E-state index contributed by atoms with van der Waals surface area (Å²) in [5.74, 6) is 0. The van der Waals surface area contributed by atoms with E-state index in [1.165, 1.54) is 6.92 Å². The molecule has 0 bridgehead atoms. The SMILES string of the molecule is C=CCNC(CC(C)[N+](=O)[O-])/C(C)=N/O. The predicted octanol–water partition coefficient (Wildman–Crippen LogP) is 1.04. The van der Waals surface area contributed by atoms with Crippen molar-refractivity contribution in [1.29, 1.82) is 0 Å². The minimum Gasteiger partial charge on any atom is -0.411 e. The van der Waals surface area contributed by atoms with E-state index >= 15 is 0 Å². The predicted molar refractivity (Wildman–Crippen MR) is 58.0 cm³/mol. The Hall–Kier alpha value is -1.43. The fourth-order valence-corrected chi connectivity index (χ4v) is 1.12. The van der Waals surface area contributed by atoms with Crippen molar-refractivity contribution in [3.05, 3.63) is 22.8 Å². The smallest absolute Gasteiger partial charge is 0.212 e. The highest BCUT2D eigenvalue weighted by Crippen LogP contribution is 2.03. The molecule has 6 heteroatoms. The van der Waals surface area contributed by atoms with Gasteiger partial charge in [0.15, 0.2) is 0 Å². The van der Waals surface area contributed by atoms with Crippen LogP contribution in [0, 0.1) is 10.1 Å². The molecule has 0 aliphatic heterocycles. The average molecular weight is 215 g/mol. The van der Waals surface area contributed by atoms with Crippen LogP contribution in [0.2, 0.25) is 0 Å². The van der Waals surface area contributed by atoms with E-state index in [0.717, 1.165) is 0 Å². The molecule has 2 unspecified atom stereocenters. The van der Waals surface area contributed by atoms with Crippen LogP contribution in [0.25, 0.3) is 0 Å². The van der Waals surface area contributed by atoms with E-state index in [1.807, 2.05) is 0 Å². The van der Waals surface area contributed by atoms with Crippen LogP contribution in [0.5, 0.6) is 0 Å². The zero-order valence-corrected chi connectivity index (χ0v) is 9.01. The molecule has 0 aliphatic carbocycles. The zero-order valence-electron chi connectivity index (χ0n) is 9.01. The summed E-state index contributed by atoms with van der Waals surface area (Å²) in [4.78, 5) is 10.1. The van der Waals surface area contributed by atoms with Crippen molar-refractivity contribution in [1.82, 2.24) is 5.32 Å². The van der Waals surface area contributed by atoms with Crippen molar-refractivity contribution in [3.8, 4) is 0 Å². The van der Waals surface area contributed by atoms with Crippen LogP contribution >= 0.6 is 0 Å². The molecular weight excluding hydrogens is 198 g/mol. The summed E-state index contributed by atoms with van der Waals surface area (Å²) >= 11 is 0. The summed E-state index contributed by atoms with van der Waals surface area (Å²) in [7, 11) is 0. The number of hydrogen-bond donors (Lipinski definition) is 2. The van der Waals surface area contributed by atoms with E-state index in [4.69, 9.17) is 5.21 Å². The van der Waals surface area contributed by atoms with Gasteiger partial charge in [0.2, 0.25) is 6.04 Å². The monoisotopic (exact) mass is 215 g/mol. The summed E-state index contributed by atoms with van der Waals surface area (Å²) < 4.78 is 0. The lowest BCUT2D eigenvalue weighted by molar-refractivity contribution is -0.519. The third kappa shape index (κ3) is 5.11. The maximum absolute atomic E-state index is 10.5. The van der Waals surface area contributed by atoms with Crippen molar-refractivity contribution in [2.75, 3.05) is 6.54 Å². The maximum Gasteiger partial charge on any atom is 0.212 e. The Morgan fingerprint density at radius 3 is 2.80 bits per heavy atom. The summed E-state index contributed by atoms with van der Waals surface area (Å²) in [5, 5.41) is 25.1. The van der Waals surface area contributed by atoms with E-state index in [0.29, 0.717) is 12.3 Å². The van der Waals surface area contributed by atoms with E-state index in [-0.39, 0.29) is 17.4 Å². The number of oxime groups is 1. The normalized spacial score (nSPS) is 15.7. The van der Waals surface area contributed by atoms with Crippen LogP contribution in [0.1, 0.15) is 20.3 Å². The molecule has 6 nitrogen and oxygen atoms in total. The van der Waals surface area contributed by atoms with Gasteiger partial charge in [-0.15, -0.1) is 6.58 Å². The highest BCUT2D eigenvalue weighted by molar-refractivity contribution is 5.86. The number of nitro groups is 1. The second kappa shape index (κ2) is 6.94. The maximum atomic E-state index is 10.5. The Labute approximate surface area is 88.8 Å². The van der Waals surface area contributed by atoms with Crippen LogP contribution in [-0.4, -0.2) is 34.5 Å². The lowest BCUT2D eigenvalue weighted by Gasteiger charge is -2.17. The Kier molecular flexibility index (Phi) is 6.28. The second-order valence-electron chi connectivity index (χ2n) is 3.36. The van der Waals surface area contributed by atoms with Crippen LogP contribution in [-0.2, 0) is 0 Å². The number of nitrogens with one attached hydrogen (secondary N) is 1. The van der Waals surface area contributed by atoms with Gasteiger partial charge < -0.3 is 10.5 Å². The van der Waals surface area contributed by atoms with Gasteiger partial charge in [-0.05, 0) is 6.92 Å². The first-order valence-corrected chi connectivity index (χ1v) is 4.69. The van der Waals surface area contributed by atoms with E-state index in [9.17, 15) is 10.1 Å². The Morgan fingerprint density at radius 1 is 1.80 bits per heavy atom. The highest BCUT2D eigenvalue weighted by atomic mass is 16.6. The summed E-state index contributed by atoms with van der Waals surface area (Å²) in [5.41, 5.74) is 0.436. The summed E-state index contributed by atoms with van der Waals surface area (Å²) in [6.07, 6.45) is 1.94. The van der Waals surface area contributed by atoms with Crippen molar-refractivity contribution in [2.45, 2.75) is 32.4 Å². The zero-order chi connectivity index (χ0) is 11.8. The van der Waals surface area contributed by atoms with E-state index in [1.54, 1.807) is 13.0 Å². The summed E-state index contributed by atoms with van der Waals surface area (Å²) in [6, 6.07) is -0.975. The Morgan fingerprint density at radius 2 is 2.40 bits per heavy atom. The van der Waals surface area contributed by atoms with Crippen molar-refractivity contribution in [3.63, 3.8) is 0 Å². The molecule has 0 aromatic heterocycles. The van der Waals surface area contributed by atoms with Gasteiger partial charge in [-0.2, -0.15) is 0 Å². The molecule has 0 aliphatic rings. The van der Waals surface area contributed by atoms with Crippen LogP contribution < -0.4 is 5.32 Å². The molecule has 15 heavy (non-hydrogen) atoms. The molecular formula is C9H17N3O3. The van der Waals surface area contributed by atoms with Crippen LogP contribution in [0.4, 0.5) is 0 Å². The standard InChI is InChI=1S/C9H17N3O3/c1-4-5-10-9(8(3)11-13)6-7(2)12(14)15/h4,7,9-10,13H,1,5-6H2,2-3H3/b11-8+. The van der Waals surface area contributed by atoms with Gasteiger partial charge in [0, 0.05) is 24.8 Å².